The van der Waals surface area contributed by atoms with E-state index in [0.29, 0.717) is 11.7 Å². The normalized spacial score (nSPS) is 12.6. The molecule has 0 fully saturated rings. The molecule has 19 heavy (non-hydrogen) atoms. The van der Waals surface area contributed by atoms with Gasteiger partial charge in [-0.05, 0) is 61.9 Å². The van der Waals surface area contributed by atoms with E-state index in [-0.39, 0.29) is 0 Å². The van der Waals surface area contributed by atoms with Crippen LogP contribution in [0.3, 0.4) is 0 Å². The summed E-state index contributed by atoms with van der Waals surface area (Å²) in [5.74, 6) is 0.700. The van der Waals surface area contributed by atoms with Gasteiger partial charge >= 0.3 is 0 Å². The molecule has 1 unspecified atom stereocenters. The second kappa shape index (κ2) is 5.43. The second-order valence-electron chi connectivity index (χ2n) is 5.16. The number of phenols is 1. The van der Waals surface area contributed by atoms with Gasteiger partial charge in [0.25, 0.3) is 0 Å². The van der Waals surface area contributed by atoms with Crippen molar-refractivity contribution in [3.63, 3.8) is 0 Å². The minimum absolute atomic E-state index is 0.336. The SMILES string of the molecule is CCn1cc(CC(C)c2c(C)cc(O)cc2C)nn1. The summed E-state index contributed by atoms with van der Waals surface area (Å²) >= 11 is 0. The molecule has 0 amide bonds. The minimum atomic E-state index is 0.336. The molecule has 2 aromatic rings. The fourth-order valence-electron chi connectivity index (χ4n) is 2.73. The van der Waals surface area contributed by atoms with Crippen molar-refractivity contribution in [2.75, 3.05) is 0 Å². The largest absolute Gasteiger partial charge is 0.508 e. The third-order valence-corrected chi connectivity index (χ3v) is 3.50. The Morgan fingerprint density at radius 2 is 1.89 bits per heavy atom. The molecular weight excluding hydrogens is 238 g/mol. The van der Waals surface area contributed by atoms with Crippen molar-refractivity contribution in [2.45, 2.75) is 46.6 Å². The Labute approximate surface area is 114 Å². The molecule has 4 nitrogen and oxygen atoms in total. The van der Waals surface area contributed by atoms with Gasteiger partial charge in [-0.3, -0.25) is 4.68 Å². The number of aryl methyl sites for hydroxylation is 3. The maximum Gasteiger partial charge on any atom is 0.116 e. The van der Waals surface area contributed by atoms with Crippen molar-refractivity contribution in [2.24, 2.45) is 0 Å². The van der Waals surface area contributed by atoms with E-state index in [9.17, 15) is 5.11 Å². The highest BCUT2D eigenvalue weighted by Crippen LogP contribution is 2.29. The standard InChI is InChI=1S/C15H21N3O/c1-5-18-9-13(16-17-18)6-10(2)15-11(3)7-14(19)8-12(15)4/h7-10,19H,5-6H2,1-4H3. The molecule has 2 rings (SSSR count). The van der Waals surface area contributed by atoms with Crippen LogP contribution in [0.4, 0.5) is 0 Å². The van der Waals surface area contributed by atoms with Crippen molar-refractivity contribution in [1.82, 2.24) is 15.0 Å². The van der Waals surface area contributed by atoms with Crippen molar-refractivity contribution in [3.8, 4) is 5.75 Å². The van der Waals surface area contributed by atoms with Gasteiger partial charge in [-0.2, -0.15) is 0 Å². The van der Waals surface area contributed by atoms with Gasteiger partial charge < -0.3 is 5.11 Å². The van der Waals surface area contributed by atoms with Gasteiger partial charge in [0.1, 0.15) is 5.75 Å². The van der Waals surface area contributed by atoms with E-state index < -0.39 is 0 Å². The van der Waals surface area contributed by atoms with E-state index >= 15 is 0 Å². The number of benzene rings is 1. The van der Waals surface area contributed by atoms with Crippen molar-refractivity contribution in [3.05, 3.63) is 40.7 Å². The molecule has 1 aromatic carbocycles. The quantitative estimate of drug-likeness (QED) is 0.918. The number of hydrogen-bond acceptors (Lipinski definition) is 3. The summed E-state index contributed by atoms with van der Waals surface area (Å²) in [6.07, 6.45) is 2.87. The molecular formula is C15H21N3O. The van der Waals surface area contributed by atoms with Gasteiger partial charge in [-0.25, -0.2) is 0 Å². The molecule has 0 aliphatic carbocycles. The zero-order valence-electron chi connectivity index (χ0n) is 12.0. The van der Waals surface area contributed by atoms with Gasteiger partial charge in [0.2, 0.25) is 0 Å². The predicted molar refractivity (Wildman–Crippen MR) is 75.4 cm³/mol. The second-order valence-corrected chi connectivity index (χ2v) is 5.16. The predicted octanol–water partition coefficient (Wildman–Crippen LogP) is 2.97. The van der Waals surface area contributed by atoms with E-state index in [0.717, 1.165) is 29.8 Å². The molecule has 0 aliphatic rings. The zero-order valence-corrected chi connectivity index (χ0v) is 12.0. The van der Waals surface area contributed by atoms with Crippen LogP contribution in [-0.4, -0.2) is 20.1 Å². The summed E-state index contributed by atoms with van der Waals surface area (Å²) in [7, 11) is 0. The molecule has 0 saturated heterocycles. The van der Waals surface area contributed by atoms with Crippen LogP contribution in [0.5, 0.6) is 5.75 Å². The maximum absolute atomic E-state index is 9.60. The summed E-state index contributed by atoms with van der Waals surface area (Å²) in [4.78, 5) is 0. The first-order valence-corrected chi connectivity index (χ1v) is 6.70. The van der Waals surface area contributed by atoms with Crippen molar-refractivity contribution in [1.29, 1.82) is 0 Å². The number of aromatic hydroxyl groups is 1. The average Bonchev–Trinajstić information content (AvgIpc) is 2.75. The number of nitrogens with zero attached hydrogens (tertiary/aromatic N) is 3. The van der Waals surface area contributed by atoms with Crippen LogP contribution in [0.2, 0.25) is 0 Å². The molecule has 102 valence electrons. The highest BCUT2D eigenvalue weighted by Gasteiger charge is 2.14. The lowest BCUT2D eigenvalue weighted by atomic mass is 9.89. The molecule has 0 saturated carbocycles. The fraction of sp³-hybridized carbons (Fsp3) is 0.467. The van der Waals surface area contributed by atoms with E-state index in [1.807, 2.05) is 36.9 Å². The molecule has 1 heterocycles. The Kier molecular flexibility index (Phi) is 3.88. The Morgan fingerprint density at radius 1 is 1.26 bits per heavy atom. The molecule has 1 aromatic heterocycles. The van der Waals surface area contributed by atoms with E-state index in [1.165, 1.54) is 5.56 Å². The van der Waals surface area contributed by atoms with Gasteiger partial charge in [0.15, 0.2) is 0 Å². The van der Waals surface area contributed by atoms with Crippen LogP contribution in [0.1, 0.15) is 42.1 Å². The fourth-order valence-corrected chi connectivity index (χ4v) is 2.73. The lowest BCUT2D eigenvalue weighted by Gasteiger charge is -2.17. The average molecular weight is 259 g/mol. The molecule has 0 spiro atoms. The summed E-state index contributed by atoms with van der Waals surface area (Å²) < 4.78 is 1.85. The summed E-state index contributed by atoms with van der Waals surface area (Å²) in [5.41, 5.74) is 4.57. The molecule has 0 radical (unpaired) electrons. The van der Waals surface area contributed by atoms with Crippen molar-refractivity contribution >= 4 is 0 Å². The highest BCUT2D eigenvalue weighted by molar-refractivity contribution is 5.42. The van der Waals surface area contributed by atoms with Crippen LogP contribution in [-0.2, 0) is 13.0 Å². The topological polar surface area (TPSA) is 50.9 Å². The summed E-state index contributed by atoms with van der Waals surface area (Å²) in [6.45, 7) is 9.18. The van der Waals surface area contributed by atoms with Crippen LogP contribution < -0.4 is 0 Å². The number of hydrogen-bond donors (Lipinski definition) is 1. The van der Waals surface area contributed by atoms with Crippen LogP contribution >= 0.6 is 0 Å². The Hall–Kier alpha value is -1.84. The lowest BCUT2D eigenvalue weighted by molar-refractivity contribution is 0.473. The van der Waals surface area contributed by atoms with Gasteiger partial charge in [-0.1, -0.05) is 12.1 Å². The number of rotatable bonds is 4. The van der Waals surface area contributed by atoms with Crippen LogP contribution in [0, 0.1) is 13.8 Å². The van der Waals surface area contributed by atoms with Crippen LogP contribution in [0.25, 0.3) is 0 Å². The summed E-state index contributed by atoms with van der Waals surface area (Å²) in [6, 6.07) is 3.64. The van der Waals surface area contributed by atoms with E-state index in [2.05, 4.69) is 24.2 Å². The Bertz CT molecular complexity index is 552. The highest BCUT2D eigenvalue weighted by atomic mass is 16.3. The van der Waals surface area contributed by atoms with Crippen LogP contribution in [0.15, 0.2) is 18.3 Å². The first-order valence-electron chi connectivity index (χ1n) is 6.70. The Balaban J connectivity index is 2.22. The third-order valence-electron chi connectivity index (χ3n) is 3.50. The molecule has 4 heteroatoms. The van der Waals surface area contributed by atoms with Gasteiger partial charge in [0, 0.05) is 12.7 Å². The molecule has 1 atom stereocenters. The van der Waals surface area contributed by atoms with Gasteiger partial charge in [-0.15, -0.1) is 5.10 Å². The first kappa shape index (κ1) is 13.6. The number of aromatic nitrogens is 3. The van der Waals surface area contributed by atoms with E-state index in [1.54, 1.807) is 0 Å². The zero-order chi connectivity index (χ0) is 14.0. The molecule has 0 bridgehead atoms. The number of phenolic OH excluding ortho intramolecular Hbond substituents is 1. The molecule has 1 N–H and O–H groups in total. The minimum Gasteiger partial charge on any atom is -0.508 e. The smallest absolute Gasteiger partial charge is 0.116 e. The summed E-state index contributed by atoms with van der Waals surface area (Å²) in [5, 5.41) is 17.9. The monoisotopic (exact) mass is 259 g/mol. The first-order chi connectivity index (χ1) is 9.01. The lowest BCUT2D eigenvalue weighted by Crippen LogP contribution is -2.04. The van der Waals surface area contributed by atoms with E-state index in [4.69, 9.17) is 0 Å². The van der Waals surface area contributed by atoms with Crippen molar-refractivity contribution < 1.29 is 5.11 Å². The maximum atomic E-state index is 9.60. The third kappa shape index (κ3) is 2.95. The van der Waals surface area contributed by atoms with Gasteiger partial charge in [0.05, 0.1) is 5.69 Å². The Morgan fingerprint density at radius 3 is 2.42 bits per heavy atom. The molecule has 0 aliphatic heterocycles.